The van der Waals surface area contributed by atoms with Gasteiger partial charge in [0.25, 0.3) is 5.79 Å². The molecule has 0 fully saturated rings. The van der Waals surface area contributed by atoms with Gasteiger partial charge in [-0.05, 0) is 13.8 Å². The number of hydrogen-bond donors (Lipinski definition) is 1. The fourth-order valence-electron chi connectivity index (χ4n) is 1.72. The zero-order valence-electron chi connectivity index (χ0n) is 17.9. The fraction of sp³-hybridized carbons (Fsp3) is 0.650. The standard InChI is InChI=1S/C20H32O10/c1-15(2)14-17(21)27-10-6-26-9-13-30-20(5,24)19(23)29-12-8-25-7-11-28-18(22)16(3)4/h24H,1,3,6-14H2,2,4-5H3. The highest BCUT2D eigenvalue weighted by atomic mass is 16.7. The summed E-state index contributed by atoms with van der Waals surface area (Å²) in [5, 5.41) is 9.96. The quantitative estimate of drug-likeness (QED) is 0.0885. The van der Waals surface area contributed by atoms with E-state index in [9.17, 15) is 19.5 Å². The molecule has 1 atom stereocenters. The lowest BCUT2D eigenvalue weighted by Gasteiger charge is -2.21. The van der Waals surface area contributed by atoms with Gasteiger partial charge in [0.1, 0.15) is 19.8 Å². The predicted octanol–water partition coefficient (Wildman–Crippen LogP) is 0.917. The van der Waals surface area contributed by atoms with E-state index in [2.05, 4.69) is 13.2 Å². The first kappa shape index (κ1) is 27.7. The Morgan fingerprint density at radius 2 is 1.30 bits per heavy atom. The SMILES string of the molecule is C=C(C)CC(=O)OCCOCCOC(C)(O)C(=O)OCCOCCOC(=O)C(=C)C. The summed E-state index contributed by atoms with van der Waals surface area (Å²) >= 11 is 0. The largest absolute Gasteiger partial charge is 0.463 e. The van der Waals surface area contributed by atoms with Crippen LogP contribution in [0.5, 0.6) is 0 Å². The molecule has 0 aromatic rings. The van der Waals surface area contributed by atoms with Crippen LogP contribution < -0.4 is 0 Å². The van der Waals surface area contributed by atoms with Crippen LogP contribution in [0, 0.1) is 0 Å². The first-order chi connectivity index (χ1) is 14.1. The van der Waals surface area contributed by atoms with E-state index in [1.807, 2.05) is 0 Å². The molecule has 0 saturated heterocycles. The van der Waals surface area contributed by atoms with Crippen molar-refractivity contribution in [3.63, 3.8) is 0 Å². The highest BCUT2D eigenvalue weighted by Gasteiger charge is 2.33. The molecule has 0 aromatic heterocycles. The van der Waals surface area contributed by atoms with Crippen LogP contribution in [0.3, 0.4) is 0 Å². The van der Waals surface area contributed by atoms with Gasteiger partial charge in [-0.15, -0.1) is 0 Å². The van der Waals surface area contributed by atoms with Gasteiger partial charge in [0.15, 0.2) is 0 Å². The lowest BCUT2D eigenvalue weighted by Crippen LogP contribution is -2.41. The van der Waals surface area contributed by atoms with E-state index in [4.69, 9.17) is 28.4 Å². The number of aliphatic hydroxyl groups is 1. The highest BCUT2D eigenvalue weighted by molar-refractivity contribution is 5.86. The Bertz CT molecular complexity index is 582. The molecule has 1 unspecified atom stereocenters. The van der Waals surface area contributed by atoms with Crippen LogP contribution in [0.2, 0.25) is 0 Å². The normalized spacial score (nSPS) is 12.5. The zero-order chi connectivity index (χ0) is 23.0. The summed E-state index contributed by atoms with van der Waals surface area (Å²) in [6.45, 7) is 11.8. The molecule has 0 radical (unpaired) electrons. The Morgan fingerprint density at radius 1 is 0.800 bits per heavy atom. The molecule has 0 saturated carbocycles. The van der Waals surface area contributed by atoms with Gasteiger partial charge in [0, 0.05) is 12.5 Å². The number of rotatable bonds is 17. The van der Waals surface area contributed by atoms with E-state index in [0.29, 0.717) is 11.1 Å². The summed E-state index contributed by atoms with van der Waals surface area (Å²) in [5.41, 5.74) is 0.998. The lowest BCUT2D eigenvalue weighted by molar-refractivity contribution is -0.225. The third-order valence-corrected chi connectivity index (χ3v) is 3.20. The molecule has 0 amide bonds. The van der Waals surface area contributed by atoms with E-state index >= 15 is 0 Å². The van der Waals surface area contributed by atoms with Gasteiger partial charge in [-0.1, -0.05) is 18.7 Å². The Hall–Kier alpha value is -2.27. The van der Waals surface area contributed by atoms with Crippen molar-refractivity contribution < 1.29 is 47.9 Å². The van der Waals surface area contributed by atoms with E-state index in [1.54, 1.807) is 6.92 Å². The summed E-state index contributed by atoms with van der Waals surface area (Å²) < 4.78 is 30.0. The van der Waals surface area contributed by atoms with Gasteiger partial charge in [0.2, 0.25) is 0 Å². The first-order valence-corrected chi connectivity index (χ1v) is 9.38. The van der Waals surface area contributed by atoms with Crippen molar-refractivity contribution in [3.8, 4) is 0 Å². The second-order valence-electron chi connectivity index (χ2n) is 6.46. The second kappa shape index (κ2) is 15.6. The van der Waals surface area contributed by atoms with E-state index < -0.39 is 17.7 Å². The molecule has 0 rings (SSSR count). The van der Waals surface area contributed by atoms with Crippen LogP contribution in [0.15, 0.2) is 24.3 Å². The predicted molar refractivity (Wildman–Crippen MR) is 105 cm³/mol. The summed E-state index contributed by atoms with van der Waals surface area (Å²) in [6.07, 6.45) is 0.154. The summed E-state index contributed by atoms with van der Waals surface area (Å²) in [7, 11) is 0. The zero-order valence-corrected chi connectivity index (χ0v) is 17.9. The third kappa shape index (κ3) is 14.7. The van der Waals surface area contributed by atoms with Crippen molar-refractivity contribution in [2.45, 2.75) is 33.0 Å². The third-order valence-electron chi connectivity index (χ3n) is 3.20. The monoisotopic (exact) mass is 432 g/mol. The molecule has 0 aromatic carbocycles. The Balaban J connectivity index is 3.73. The topological polar surface area (TPSA) is 127 Å². The van der Waals surface area contributed by atoms with E-state index in [-0.39, 0.29) is 65.2 Å². The van der Waals surface area contributed by atoms with Crippen LogP contribution in [-0.2, 0) is 42.8 Å². The Kier molecular flexibility index (Phi) is 14.4. The van der Waals surface area contributed by atoms with E-state index in [0.717, 1.165) is 6.92 Å². The lowest BCUT2D eigenvalue weighted by atomic mass is 10.2. The molecule has 0 spiro atoms. The number of ether oxygens (including phenoxy) is 6. The van der Waals surface area contributed by atoms with Crippen molar-refractivity contribution in [3.05, 3.63) is 24.3 Å². The summed E-state index contributed by atoms with van der Waals surface area (Å²) in [5.74, 6) is -4.02. The molecular formula is C20H32O10. The van der Waals surface area contributed by atoms with Crippen LogP contribution in [-0.4, -0.2) is 81.7 Å². The Labute approximate surface area is 176 Å². The number of carbonyl (C=O) groups is 3. The van der Waals surface area contributed by atoms with Crippen LogP contribution >= 0.6 is 0 Å². The molecule has 0 aliphatic carbocycles. The van der Waals surface area contributed by atoms with Crippen molar-refractivity contribution in [1.82, 2.24) is 0 Å². The van der Waals surface area contributed by atoms with Crippen molar-refractivity contribution in [1.29, 1.82) is 0 Å². The average molecular weight is 432 g/mol. The minimum Gasteiger partial charge on any atom is -0.463 e. The summed E-state index contributed by atoms with van der Waals surface area (Å²) in [6, 6.07) is 0. The number of esters is 3. The van der Waals surface area contributed by atoms with Crippen LogP contribution in [0.25, 0.3) is 0 Å². The number of hydrogen-bond acceptors (Lipinski definition) is 10. The molecule has 0 heterocycles. The minimum absolute atomic E-state index is 0.0492. The molecule has 172 valence electrons. The average Bonchev–Trinajstić information content (AvgIpc) is 2.65. The van der Waals surface area contributed by atoms with Gasteiger partial charge in [-0.25, -0.2) is 9.59 Å². The molecular weight excluding hydrogens is 400 g/mol. The molecule has 10 heteroatoms. The molecule has 0 aliphatic rings. The van der Waals surface area contributed by atoms with Gasteiger partial charge in [-0.3, -0.25) is 4.79 Å². The Morgan fingerprint density at radius 3 is 1.83 bits per heavy atom. The molecule has 30 heavy (non-hydrogen) atoms. The maximum absolute atomic E-state index is 11.8. The van der Waals surface area contributed by atoms with Gasteiger partial charge < -0.3 is 33.5 Å². The van der Waals surface area contributed by atoms with Crippen molar-refractivity contribution >= 4 is 17.9 Å². The van der Waals surface area contributed by atoms with Gasteiger partial charge >= 0.3 is 17.9 Å². The maximum Gasteiger partial charge on any atom is 0.366 e. The highest BCUT2D eigenvalue weighted by Crippen LogP contribution is 2.08. The molecule has 1 N–H and O–H groups in total. The van der Waals surface area contributed by atoms with Gasteiger partial charge in [0.05, 0.1) is 39.5 Å². The number of carbonyl (C=O) groups excluding carboxylic acids is 3. The van der Waals surface area contributed by atoms with Crippen LogP contribution in [0.1, 0.15) is 27.2 Å². The first-order valence-electron chi connectivity index (χ1n) is 9.38. The maximum atomic E-state index is 11.8. The molecule has 10 nitrogen and oxygen atoms in total. The van der Waals surface area contributed by atoms with Gasteiger partial charge in [-0.2, -0.15) is 0 Å². The van der Waals surface area contributed by atoms with Crippen molar-refractivity contribution in [2.24, 2.45) is 0 Å². The summed E-state index contributed by atoms with van der Waals surface area (Å²) in [4.78, 5) is 34.2. The fourth-order valence-corrected chi connectivity index (χ4v) is 1.72. The van der Waals surface area contributed by atoms with E-state index in [1.165, 1.54) is 6.92 Å². The molecule has 0 aliphatic heterocycles. The van der Waals surface area contributed by atoms with Crippen LogP contribution in [0.4, 0.5) is 0 Å². The second-order valence-corrected chi connectivity index (χ2v) is 6.46. The minimum atomic E-state index is -2.14. The van der Waals surface area contributed by atoms with Crippen molar-refractivity contribution in [2.75, 3.05) is 52.9 Å². The smallest absolute Gasteiger partial charge is 0.366 e. The molecule has 0 bridgehead atoms.